The van der Waals surface area contributed by atoms with Gasteiger partial charge in [-0.05, 0) is 21.1 Å². The third-order valence-electron chi connectivity index (χ3n) is 0.302. The van der Waals surface area contributed by atoms with Crippen LogP contribution in [0.2, 0.25) is 0 Å². The number of hydrogen-bond donors (Lipinski definition) is 2. The normalized spacial score (nSPS) is 7.18. The standard InChI is InChI=1S/C3H9N.C3H6O2.CH4O/c1-4(2)3;1-2-3(4)5;1-2/h1-3H3;2H2,1H3,(H,4,5);2H,1H3. The van der Waals surface area contributed by atoms with Crippen LogP contribution in [0.1, 0.15) is 13.3 Å². The average molecular weight is 165 g/mol. The lowest BCUT2D eigenvalue weighted by Crippen LogP contribution is -1.99. The lowest BCUT2D eigenvalue weighted by atomic mass is 10.5. The maximum atomic E-state index is 9.37. The first-order chi connectivity index (χ1) is 5.00. The van der Waals surface area contributed by atoms with Crippen molar-refractivity contribution in [1.82, 2.24) is 4.90 Å². The van der Waals surface area contributed by atoms with Crippen molar-refractivity contribution in [2.24, 2.45) is 0 Å². The van der Waals surface area contributed by atoms with E-state index in [0.29, 0.717) is 0 Å². The number of aliphatic hydroxyl groups is 1. The zero-order chi connectivity index (χ0) is 9.86. The Morgan fingerprint density at radius 2 is 1.36 bits per heavy atom. The molecular weight excluding hydrogens is 146 g/mol. The summed E-state index contributed by atoms with van der Waals surface area (Å²) in [5.74, 6) is -0.745. The third kappa shape index (κ3) is 265. The van der Waals surface area contributed by atoms with E-state index in [1.165, 1.54) is 0 Å². The number of aliphatic carboxylic acids is 1. The summed E-state index contributed by atoms with van der Waals surface area (Å²) in [6.07, 6.45) is 0.222. The van der Waals surface area contributed by atoms with Crippen molar-refractivity contribution in [3.63, 3.8) is 0 Å². The van der Waals surface area contributed by atoms with Gasteiger partial charge in [0.15, 0.2) is 0 Å². The summed E-state index contributed by atoms with van der Waals surface area (Å²) in [6, 6.07) is 0. The lowest BCUT2D eigenvalue weighted by molar-refractivity contribution is -0.136. The summed E-state index contributed by atoms with van der Waals surface area (Å²) in [7, 11) is 7.00. The average Bonchev–Trinajstić information content (AvgIpc) is 1.91. The van der Waals surface area contributed by atoms with Gasteiger partial charge in [0.05, 0.1) is 0 Å². The second-order valence-electron chi connectivity index (χ2n) is 2.09. The fourth-order valence-corrected chi connectivity index (χ4v) is 0. The fraction of sp³-hybridized carbons (Fsp3) is 0.857. The number of hydrogen-bond acceptors (Lipinski definition) is 3. The molecule has 0 fully saturated rings. The van der Waals surface area contributed by atoms with Crippen LogP contribution in [-0.4, -0.2) is 49.3 Å². The van der Waals surface area contributed by atoms with E-state index in [4.69, 9.17) is 10.2 Å². The van der Waals surface area contributed by atoms with E-state index < -0.39 is 5.97 Å². The monoisotopic (exact) mass is 165 g/mol. The molecule has 4 nitrogen and oxygen atoms in total. The first-order valence-corrected chi connectivity index (χ1v) is 3.28. The van der Waals surface area contributed by atoms with Crippen LogP contribution in [0.3, 0.4) is 0 Å². The van der Waals surface area contributed by atoms with Crippen molar-refractivity contribution < 1.29 is 15.0 Å². The van der Waals surface area contributed by atoms with E-state index in [1.54, 1.807) is 6.92 Å². The molecule has 0 saturated carbocycles. The molecule has 0 aliphatic rings. The Morgan fingerprint density at radius 3 is 1.36 bits per heavy atom. The largest absolute Gasteiger partial charge is 0.481 e. The molecule has 70 valence electrons. The molecule has 11 heavy (non-hydrogen) atoms. The van der Waals surface area contributed by atoms with Gasteiger partial charge in [-0.15, -0.1) is 0 Å². The van der Waals surface area contributed by atoms with E-state index in [2.05, 4.69) is 0 Å². The van der Waals surface area contributed by atoms with Gasteiger partial charge < -0.3 is 15.1 Å². The number of aliphatic hydroxyl groups excluding tert-OH is 1. The minimum Gasteiger partial charge on any atom is -0.481 e. The molecule has 0 spiro atoms. The Labute approximate surface area is 68.5 Å². The smallest absolute Gasteiger partial charge is 0.303 e. The quantitative estimate of drug-likeness (QED) is 0.585. The Bertz CT molecular complexity index is 71.3. The Hall–Kier alpha value is -0.610. The van der Waals surface area contributed by atoms with Gasteiger partial charge in [0, 0.05) is 13.5 Å². The van der Waals surface area contributed by atoms with E-state index >= 15 is 0 Å². The van der Waals surface area contributed by atoms with Gasteiger partial charge in [0.1, 0.15) is 0 Å². The molecule has 0 aliphatic carbocycles. The summed E-state index contributed by atoms with van der Waals surface area (Å²) in [4.78, 5) is 11.4. The van der Waals surface area contributed by atoms with Crippen LogP contribution in [-0.2, 0) is 4.79 Å². The zero-order valence-electron chi connectivity index (χ0n) is 7.96. The predicted octanol–water partition coefficient (Wildman–Crippen LogP) is 0.267. The van der Waals surface area contributed by atoms with Crippen molar-refractivity contribution in [2.75, 3.05) is 28.3 Å². The van der Waals surface area contributed by atoms with Crippen molar-refractivity contribution >= 4 is 5.97 Å². The second-order valence-corrected chi connectivity index (χ2v) is 2.09. The summed E-state index contributed by atoms with van der Waals surface area (Å²) in [6.45, 7) is 1.60. The topological polar surface area (TPSA) is 60.8 Å². The van der Waals surface area contributed by atoms with Crippen LogP contribution in [0, 0.1) is 0 Å². The van der Waals surface area contributed by atoms with Crippen molar-refractivity contribution in [3.05, 3.63) is 0 Å². The van der Waals surface area contributed by atoms with E-state index in [-0.39, 0.29) is 6.42 Å². The molecule has 2 N–H and O–H groups in total. The maximum absolute atomic E-state index is 9.37. The van der Waals surface area contributed by atoms with Crippen LogP contribution in [0.15, 0.2) is 0 Å². The Balaban J connectivity index is -0.0000000965. The first kappa shape index (κ1) is 16.8. The molecule has 0 atom stereocenters. The van der Waals surface area contributed by atoms with Gasteiger partial charge in [-0.25, -0.2) is 0 Å². The maximum Gasteiger partial charge on any atom is 0.303 e. The van der Waals surface area contributed by atoms with Crippen LogP contribution < -0.4 is 0 Å². The second kappa shape index (κ2) is 16.2. The van der Waals surface area contributed by atoms with Crippen LogP contribution in [0.5, 0.6) is 0 Å². The summed E-state index contributed by atoms with van der Waals surface area (Å²) < 4.78 is 0. The Kier molecular flexibility index (Phi) is 24.7. The molecule has 0 unspecified atom stereocenters. The molecular formula is C7H19NO3. The van der Waals surface area contributed by atoms with E-state index in [1.807, 2.05) is 26.0 Å². The minimum atomic E-state index is -0.745. The summed E-state index contributed by atoms with van der Waals surface area (Å²) >= 11 is 0. The van der Waals surface area contributed by atoms with E-state index in [0.717, 1.165) is 7.11 Å². The molecule has 4 heteroatoms. The van der Waals surface area contributed by atoms with Crippen LogP contribution in [0.25, 0.3) is 0 Å². The molecule has 0 bridgehead atoms. The van der Waals surface area contributed by atoms with Crippen molar-refractivity contribution in [3.8, 4) is 0 Å². The van der Waals surface area contributed by atoms with Gasteiger partial charge in [-0.1, -0.05) is 6.92 Å². The van der Waals surface area contributed by atoms with Gasteiger partial charge in [-0.3, -0.25) is 4.79 Å². The van der Waals surface area contributed by atoms with Crippen LogP contribution in [0.4, 0.5) is 0 Å². The highest BCUT2D eigenvalue weighted by Gasteiger charge is 1.80. The molecule has 0 aliphatic heterocycles. The summed E-state index contributed by atoms with van der Waals surface area (Å²) in [5, 5.41) is 14.7. The highest BCUT2D eigenvalue weighted by molar-refractivity contribution is 5.66. The van der Waals surface area contributed by atoms with E-state index in [9.17, 15) is 4.79 Å². The van der Waals surface area contributed by atoms with Crippen molar-refractivity contribution in [2.45, 2.75) is 13.3 Å². The van der Waals surface area contributed by atoms with Crippen molar-refractivity contribution in [1.29, 1.82) is 0 Å². The number of carboxylic acid groups (broad SMARTS) is 1. The molecule has 0 saturated heterocycles. The minimum absolute atomic E-state index is 0.222. The number of nitrogens with zero attached hydrogens (tertiary/aromatic N) is 1. The number of carboxylic acids is 1. The highest BCUT2D eigenvalue weighted by atomic mass is 16.4. The molecule has 0 aromatic carbocycles. The summed E-state index contributed by atoms with van der Waals surface area (Å²) in [5.41, 5.74) is 0. The predicted molar refractivity (Wildman–Crippen MR) is 45.7 cm³/mol. The molecule has 0 radical (unpaired) electrons. The lowest BCUT2D eigenvalue weighted by Gasteiger charge is -1.90. The van der Waals surface area contributed by atoms with Gasteiger partial charge >= 0.3 is 5.97 Å². The van der Waals surface area contributed by atoms with Gasteiger partial charge in [0.25, 0.3) is 0 Å². The molecule has 0 aromatic rings. The number of carbonyl (C=O) groups is 1. The van der Waals surface area contributed by atoms with Crippen LogP contribution >= 0.6 is 0 Å². The molecule has 0 rings (SSSR count). The van der Waals surface area contributed by atoms with Gasteiger partial charge in [0.2, 0.25) is 0 Å². The first-order valence-electron chi connectivity index (χ1n) is 3.28. The fourth-order valence-electron chi connectivity index (χ4n) is 0. The number of rotatable bonds is 1. The molecule has 0 aromatic heterocycles. The Morgan fingerprint density at radius 1 is 1.27 bits per heavy atom. The zero-order valence-corrected chi connectivity index (χ0v) is 7.96. The molecule has 0 amide bonds. The molecule has 0 heterocycles. The van der Waals surface area contributed by atoms with Gasteiger partial charge in [-0.2, -0.15) is 0 Å². The highest BCUT2D eigenvalue weighted by Crippen LogP contribution is 1.67. The SMILES string of the molecule is CCC(=O)O.CN(C)C.CO. The third-order valence-corrected chi connectivity index (χ3v) is 0.302.